The molecule has 0 saturated heterocycles. The van der Waals surface area contributed by atoms with Crippen molar-refractivity contribution in [2.75, 3.05) is 52.3 Å². The number of fused-ring (bicyclic) bond motifs is 6. The van der Waals surface area contributed by atoms with Crippen molar-refractivity contribution < 1.29 is 64.2 Å². The Bertz CT molecular complexity index is 5980. The van der Waals surface area contributed by atoms with Crippen molar-refractivity contribution in [3.63, 3.8) is 0 Å². The molecular formula is C110H118F6O8P6. The van der Waals surface area contributed by atoms with E-state index in [0.29, 0.717) is 57.6 Å². The minimum absolute atomic E-state index is 0.0761. The van der Waals surface area contributed by atoms with Crippen molar-refractivity contribution >= 4 is 79.4 Å². The normalized spacial score (nSPS) is 18.0. The van der Waals surface area contributed by atoms with E-state index in [9.17, 15) is 26.3 Å². The van der Waals surface area contributed by atoms with Crippen LogP contribution in [0.2, 0.25) is 0 Å². The van der Waals surface area contributed by atoms with Gasteiger partial charge in [-0.15, -0.1) is 0 Å². The molecule has 678 valence electrons. The number of benzene rings is 12. The Morgan fingerprint density at radius 2 is 0.454 bits per heavy atom. The van der Waals surface area contributed by atoms with E-state index in [1.54, 1.807) is 40.2 Å². The molecule has 0 N–H and O–H groups in total. The fraction of sp³-hybridized carbons (Fsp3) is 0.345. The lowest BCUT2D eigenvalue weighted by molar-refractivity contribution is -0.138. The molecule has 12 aromatic carbocycles. The molecule has 6 aliphatic heterocycles. The molecule has 8 nitrogen and oxygen atoms in total. The van der Waals surface area contributed by atoms with Crippen LogP contribution in [0, 0.1) is 27.7 Å². The maximum atomic E-state index is 13.9. The molecule has 18 rings (SSSR count). The van der Waals surface area contributed by atoms with Crippen LogP contribution in [0.5, 0.6) is 46.0 Å². The number of alkyl halides is 6. The van der Waals surface area contributed by atoms with E-state index in [1.165, 1.54) is 89.0 Å². The van der Waals surface area contributed by atoms with Gasteiger partial charge in [-0.1, -0.05) is 258 Å². The van der Waals surface area contributed by atoms with Crippen molar-refractivity contribution in [1.29, 1.82) is 0 Å². The second kappa shape index (κ2) is 35.5. The molecule has 20 heteroatoms. The zero-order valence-electron chi connectivity index (χ0n) is 79.1. The van der Waals surface area contributed by atoms with Gasteiger partial charge in [0.25, 0.3) is 0 Å². The van der Waals surface area contributed by atoms with Gasteiger partial charge in [-0.2, -0.15) is 26.3 Å². The zero-order chi connectivity index (χ0) is 93.3. The van der Waals surface area contributed by atoms with Crippen LogP contribution in [0.15, 0.2) is 206 Å². The number of methoxy groups -OCH3 is 2. The van der Waals surface area contributed by atoms with Gasteiger partial charge in [0.1, 0.15) is 84.1 Å². The molecule has 0 saturated carbocycles. The summed E-state index contributed by atoms with van der Waals surface area (Å²) in [7, 11) is -0.566. The highest BCUT2D eigenvalue weighted by atomic mass is 31.1. The predicted molar refractivity (Wildman–Crippen MR) is 541 cm³/mol. The minimum Gasteiger partial charge on any atom is -0.496 e. The average Bonchev–Trinajstić information content (AvgIpc) is 1.57. The smallest absolute Gasteiger partial charge is 0.416 e. The van der Waals surface area contributed by atoms with Gasteiger partial charge in [0.05, 0.1) is 25.3 Å². The summed E-state index contributed by atoms with van der Waals surface area (Å²) in [6, 6.07) is 68.1. The Labute approximate surface area is 772 Å². The largest absolute Gasteiger partial charge is 0.496 e. The van der Waals surface area contributed by atoms with Crippen LogP contribution in [0.25, 0.3) is 100 Å². The Balaban J connectivity index is 0.000000144. The molecule has 0 unspecified atom stereocenters. The molecule has 130 heavy (non-hydrogen) atoms. The SMILES string of the molecule is CC(C)(C)[P@]1COc2c(-c3ccccc3)ccc(-c3ccc(-c4ccccc4)c4c3[P@](C(C)(C)C)CO4)c21.COc1cccc(C)c1-c1ccc(-c2ccc(-c3c(C)cccc3OC)c3c2[P@](C(C)(C)C)CO3)c2c1OC[P@@]2C(C)(C)C.Cc1cc(-c2ccc(-c3ccc(-c4cc(C)cc(C(F)(F)F)c4)c4c3[P@](C(C)(C)C)CO4)c3c2OC[P@@]3C(C)(C)C)cc(C(F)(F)F)c1. The van der Waals surface area contributed by atoms with Crippen LogP contribution >= 0.6 is 47.5 Å². The Morgan fingerprint density at radius 3 is 0.677 bits per heavy atom. The topological polar surface area (TPSA) is 73.8 Å². The minimum atomic E-state index is -4.49. The summed E-state index contributed by atoms with van der Waals surface area (Å²) in [6.45, 7) is 48.8. The predicted octanol–water partition coefficient (Wildman–Crippen LogP) is 30.9. The number of hydrogen-bond acceptors (Lipinski definition) is 8. The lowest BCUT2D eigenvalue weighted by Gasteiger charge is -2.30. The molecule has 0 fully saturated rings. The number of ether oxygens (including phenoxy) is 8. The van der Waals surface area contributed by atoms with Crippen molar-refractivity contribution in [3.8, 4) is 146 Å². The molecule has 0 aliphatic carbocycles. The van der Waals surface area contributed by atoms with Crippen LogP contribution in [-0.2, 0) is 12.4 Å². The Kier molecular flexibility index (Phi) is 25.8. The summed E-state index contributed by atoms with van der Waals surface area (Å²) in [5.41, 5.74) is 20.4. The lowest BCUT2D eigenvalue weighted by atomic mass is 9.93. The van der Waals surface area contributed by atoms with Gasteiger partial charge in [-0.05, 0) is 257 Å². The molecule has 6 atom stereocenters. The van der Waals surface area contributed by atoms with Crippen molar-refractivity contribution in [2.45, 2.75) is 196 Å². The van der Waals surface area contributed by atoms with E-state index >= 15 is 0 Å². The Morgan fingerprint density at radius 1 is 0.238 bits per heavy atom. The number of hydrogen-bond donors (Lipinski definition) is 0. The van der Waals surface area contributed by atoms with E-state index < -0.39 is 71.0 Å². The summed E-state index contributed by atoms with van der Waals surface area (Å²) in [5.74, 6) is 7.11. The van der Waals surface area contributed by atoms with Crippen LogP contribution in [0.3, 0.4) is 0 Å². The van der Waals surface area contributed by atoms with Crippen molar-refractivity contribution in [2.24, 2.45) is 0 Å². The summed E-state index contributed by atoms with van der Waals surface area (Å²) < 4.78 is 134. The van der Waals surface area contributed by atoms with Crippen LogP contribution in [0.4, 0.5) is 26.3 Å². The van der Waals surface area contributed by atoms with Gasteiger partial charge in [0.15, 0.2) is 0 Å². The third-order valence-electron chi connectivity index (χ3n) is 25.2. The number of aryl methyl sites for hydroxylation is 4. The molecule has 0 radical (unpaired) electrons. The fourth-order valence-corrected chi connectivity index (χ4v) is 32.8. The molecule has 6 aliphatic rings. The van der Waals surface area contributed by atoms with E-state index in [4.69, 9.17) is 37.9 Å². The monoisotopic (exact) mass is 1870 g/mol. The van der Waals surface area contributed by atoms with Crippen LogP contribution in [0.1, 0.15) is 158 Å². The highest BCUT2D eigenvalue weighted by Gasteiger charge is 2.48. The molecule has 0 bridgehead atoms. The summed E-state index contributed by atoms with van der Waals surface area (Å²) in [5, 5.41) is 7.60. The second-order valence-electron chi connectivity index (χ2n) is 40.5. The first kappa shape index (κ1) is 94.4. The standard InChI is InChI=1S/C38H38F6O2P2.C38H44O4P2.C34H36O2P2/c1-21-13-23(17-25(15-21)37(39,40)41)27-9-11-29(33-31(27)45-19-47(33)35(3,4)5)30-12-10-28(32-34(30)48(20-46-32)36(6,7)8)24-14-22(2)16-26(18-24)38(42,43)44;1-23-13-11-15-29(39-9)31(23)27-19-17-25(35-33(27)41-21-43(35)37(3,4)5)26-18-20-28(32-24(2)14-12-16-30(32)40-10)34-36(26)44(22-42-34)38(6,7)8;1-33(2,3)37-21-35-29-25(23-13-9-7-10-14-23)17-19-27(31(29)37)28-20-18-26(24-15-11-8-12-16-24)30-32(28)38(22-36-30)34(4,5)6/h9-18H,19-20H2,1-8H3;11-20H,21-22H2,1-10H3;7-20H,21-22H2,1-6H3/t47-,48-;43-,44-;37-,38-/m111/s1. The first-order valence-electron chi connectivity index (χ1n) is 44.4. The van der Waals surface area contributed by atoms with Gasteiger partial charge < -0.3 is 37.9 Å². The number of rotatable bonds is 11. The van der Waals surface area contributed by atoms with Crippen molar-refractivity contribution in [1.82, 2.24) is 0 Å². The molecule has 0 spiro atoms. The van der Waals surface area contributed by atoms with E-state index in [-0.39, 0.29) is 30.9 Å². The van der Waals surface area contributed by atoms with E-state index in [1.807, 2.05) is 36.4 Å². The quantitative estimate of drug-likeness (QED) is 0.0937. The molecule has 12 aromatic rings. The fourth-order valence-electron chi connectivity index (χ4n) is 18.6. The first-order valence-corrected chi connectivity index (χ1v) is 53.5. The number of halogens is 6. The van der Waals surface area contributed by atoms with E-state index in [2.05, 4.69) is 272 Å². The molecular weight excluding hydrogens is 1750 g/mol. The average molecular weight is 1870 g/mol. The highest BCUT2D eigenvalue weighted by molar-refractivity contribution is 7.70. The first-order chi connectivity index (χ1) is 61.1. The second-order valence-corrected chi connectivity index (χ2v) is 57.9. The summed E-state index contributed by atoms with van der Waals surface area (Å²) in [6.07, 6.45) is -5.12. The third kappa shape index (κ3) is 18.1. The third-order valence-corrected chi connectivity index (χ3v) is 43.2. The van der Waals surface area contributed by atoms with Gasteiger partial charge in [-0.25, -0.2) is 0 Å². The molecule has 0 amide bonds. The zero-order valence-corrected chi connectivity index (χ0v) is 84.5. The van der Waals surface area contributed by atoms with Gasteiger partial charge in [0, 0.05) is 76.3 Å². The van der Waals surface area contributed by atoms with Gasteiger partial charge >= 0.3 is 12.4 Å². The van der Waals surface area contributed by atoms with Crippen LogP contribution < -0.4 is 69.7 Å². The lowest BCUT2D eigenvalue weighted by Crippen LogP contribution is -2.22. The van der Waals surface area contributed by atoms with E-state index in [0.717, 1.165) is 116 Å². The molecule has 6 heterocycles. The molecule has 0 aromatic heterocycles. The highest BCUT2D eigenvalue weighted by Crippen LogP contribution is 2.67. The van der Waals surface area contributed by atoms with Gasteiger partial charge in [0.2, 0.25) is 0 Å². The summed E-state index contributed by atoms with van der Waals surface area (Å²) in [4.78, 5) is 0. The van der Waals surface area contributed by atoms with Gasteiger partial charge in [-0.3, -0.25) is 0 Å². The summed E-state index contributed by atoms with van der Waals surface area (Å²) >= 11 is 0. The van der Waals surface area contributed by atoms with Crippen molar-refractivity contribution in [3.05, 3.63) is 240 Å². The maximum absolute atomic E-state index is 13.9. The Hall–Kier alpha value is -8.80. The maximum Gasteiger partial charge on any atom is 0.416 e. The van der Waals surface area contributed by atoms with Crippen LogP contribution in [-0.4, -0.2) is 83.2 Å².